The average molecular weight is 414 g/mol. The maximum Gasteiger partial charge on any atom is 0.145 e. The number of anilines is 2. The minimum atomic E-state index is 0.405. The predicted molar refractivity (Wildman–Crippen MR) is 128 cm³/mol. The molecule has 0 atom stereocenters. The molecule has 1 fully saturated rings. The normalized spacial score (nSPS) is 14.1. The van der Waals surface area contributed by atoms with Gasteiger partial charge < -0.3 is 14.5 Å². The quantitative estimate of drug-likeness (QED) is 0.529. The summed E-state index contributed by atoms with van der Waals surface area (Å²) in [7, 11) is 1.71. The molecule has 3 rings (SSSR count). The van der Waals surface area contributed by atoms with Crippen molar-refractivity contribution in [2.45, 2.75) is 51.5 Å². The number of pyridine rings is 1. The summed E-state index contributed by atoms with van der Waals surface area (Å²) in [5.41, 5.74) is 4.74. The third-order valence-electron chi connectivity index (χ3n) is 5.23. The molecule has 1 saturated heterocycles. The van der Waals surface area contributed by atoms with E-state index in [1.54, 1.807) is 25.1 Å². The van der Waals surface area contributed by atoms with Gasteiger partial charge in [-0.3, -0.25) is 4.98 Å². The zero-order chi connectivity index (χ0) is 21.4. The molecule has 1 aromatic carbocycles. The lowest BCUT2D eigenvalue weighted by molar-refractivity contribution is 0.409. The van der Waals surface area contributed by atoms with Crippen molar-refractivity contribution >= 4 is 23.1 Å². The highest BCUT2D eigenvalue weighted by Crippen LogP contribution is 2.35. The summed E-state index contributed by atoms with van der Waals surface area (Å²) in [6, 6.07) is 9.09. The van der Waals surface area contributed by atoms with Gasteiger partial charge in [0.05, 0.1) is 13.3 Å². The second kappa shape index (κ2) is 11.1. The van der Waals surface area contributed by atoms with Crippen LogP contribution in [-0.4, -0.2) is 37.5 Å². The van der Waals surface area contributed by atoms with Crippen molar-refractivity contribution in [2.24, 2.45) is 0 Å². The Bertz CT molecular complexity index is 800. The van der Waals surface area contributed by atoms with E-state index in [0.717, 1.165) is 43.1 Å². The molecular formula is C24H35N3OS. The van der Waals surface area contributed by atoms with Crippen LogP contribution in [0.15, 0.2) is 53.8 Å². The van der Waals surface area contributed by atoms with E-state index in [9.17, 15) is 0 Å². The molecule has 2 aromatic rings. The van der Waals surface area contributed by atoms with E-state index >= 15 is 0 Å². The molecule has 2 heterocycles. The van der Waals surface area contributed by atoms with E-state index in [0.29, 0.717) is 6.04 Å². The van der Waals surface area contributed by atoms with Gasteiger partial charge in [-0.05, 0) is 56.7 Å². The number of piperidine rings is 1. The fraction of sp³-hybridized carbons (Fsp3) is 0.458. The number of hydrogen-bond acceptors (Lipinski definition) is 5. The third-order valence-corrected chi connectivity index (χ3v) is 5.95. The van der Waals surface area contributed by atoms with Crippen molar-refractivity contribution in [3.63, 3.8) is 0 Å². The summed E-state index contributed by atoms with van der Waals surface area (Å²) in [6.45, 7) is 14.6. The number of thioether (sulfide) groups is 1. The molecule has 0 N–H and O–H groups in total. The molecule has 29 heavy (non-hydrogen) atoms. The largest absolute Gasteiger partial charge is 0.494 e. The lowest BCUT2D eigenvalue weighted by Gasteiger charge is -2.41. The van der Waals surface area contributed by atoms with Crippen LogP contribution in [0.2, 0.25) is 0 Å². The first kappa shape index (κ1) is 23.1. The number of aromatic nitrogens is 1. The van der Waals surface area contributed by atoms with Crippen LogP contribution in [0.25, 0.3) is 0 Å². The van der Waals surface area contributed by atoms with Crippen molar-refractivity contribution < 1.29 is 4.74 Å². The second-order valence-corrected chi connectivity index (χ2v) is 7.90. The second-order valence-electron chi connectivity index (χ2n) is 7.02. The predicted octanol–water partition coefficient (Wildman–Crippen LogP) is 6.16. The topological polar surface area (TPSA) is 28.6 Å². The van der Waals surface area contributed by atoms with Gasteiger partial charge in [0.25, 0.3) is 0 Å². The zero-order valence-electron chi connectivity index (χ0n) is 18.7. The maximum absolute atomic E-state index is 5.56. The molecule has 158 valence electrons. The SMILES string of the molecule is C=C(C)N(c1cnccc1OC)C1CCN(c2ccc(SC)cc2C)CC1.CC. The number of benzene rings is 1. The highest BCUT2D eigenvalue weighted by Gasteiger charge is 2.28. The number of hydrogen-bond donors (Lipinski definition) is 0. The number of allylic oxidation sites excluding steroid dienone is 1. The van der Waals surface area contributed by atoms with Crippen molar-refractivity contribution in [1.82, 2.24) is 4.98 Å². The Morgan fingerprint density at radius 3 is 2.48 bits per heavy atom. The van der Waals surface area contributed by atoms with E-state index in [1.807, 2.05) is 26.1 Å². The van der Waals surface area contributed by atoms with Crippen LogP contribution < -0.4 is 14.5 Å². The minimum absolute atomic E-state index is 0.405. The van der Waals surface area contributed by atoms with Gasteiger partial charge in [0.15, 0.2) is 0 Å². The molecule has 0 unspecified atom stereocenters. The van der Waals surface area contributed by atoms with E-state index in [-0.39, 0.29) is 0 Å². The van der Waals surface area contributed by atoms with Gasteiger partial charge in [0.1, 0.15) is 11.4 Å². The minimum Gasteiger partial charge on any atom is -0.494 e. The summed E-state index contributed by atoms with van der Waals surface area (Å²) in [5, 5.41) is 0. The van der Waals surface area contributed by atoms with Gasteiger partial charge in [-0.25, -0.2) is 0 Å². The first-order chi connectivity index (χ1) is 14.0. The number of nitrogens with zero attached hydrogens (tertiary/aromatic N) is 3. The van der Waals surface area contributed by atoms with Crippen LogP contribution in [0.3, 0.4) is 0 Å². The summed E-state index contributed by atoms with van der Waals surface area (Å²) in [4.78, 5) is 10.4. The fourth-order valence-corrected chi connectivity index (χ4v) is 4.41. The van der Waals surface area contributed by atoms with Crippen LogP contribution >= 0.6 is 11.8 Å². The molecule has 4 nitrogen and oxygen atoms in total. The number of ether oxygens (including phenoxy) is 1. The molecule has 0 radical (unpaired) electrons. The molecule has 0 saturated carbocycles. The number of methoxy groups -OCH3 is 1. The van der Waals surface area contributed by atoms with Crippen molar-refractivity contribution in [3.8, 4) is 5.75 Å². The Morgan fingerprint density at radius 1 is 1.24 bits per heavy atom. The summed E-state index contributed by atoms with van der Waals surface area (Å²) in [6.07, 6.45) is 7.93. The van der Waals surface area contributed by atoms with Gasteiger partial charge in [-0.15, -0.1) is 11.8 Å². The summed E-state index contributed by atoms with van der Waals surface area (Å²) < 4.78 is 5.56. The van der Waals surface area contributed by atoms with Crippen molar-refractivity contribution in [2.75, 3.05) is 36.3 Å². The molecule has 0 spiro atoms. The lowest BCUT2D eigenvalue weighted by Crippen LogP contribution is -2.44. The third kappa shape index (κ3) is 5.47. The highest BCUT2D eigenvalue weighted by atomic mass is 32.2. The van der Waals surface area contributed by atoms with E-state index in [4.69, 9.17) is 4.74 Å². The Kier molecular flexibility index (Phi) is 8.90. The van der Waals surface area contributed by atoms with E-state index < -0.39 is 0 Å². The Morgan fingerprint density at radius 2 is 1.93 bits per heavy atom. The monoisotopic (exact) mass is 413 g/mol. The van der Waals surface area contributed by atoms with Gasteiger partial charge in [0.2, 0.25) is 0 Å². The fourth-order valence-electron chi connectivity index (χ4n) is 3.92. The molecule has 1 aromatic heterocycles. The van der Waals surface area contributed by atoms with Gasteiger partial charge in [-0.2, -0.15) is 0 Å². The Hall–Kier alpha value is -2.14. The van der Waals surface area contributed by atoms with E-state index in [1.165, 1.54) is 16.1 Å². The molecule has 1 aliphatic heterocycles. The van der Waals surface area contributed by atoms with Crippen LogP contribution in [0.1, 0.15) is 39.2 Å². The summed E-state index contributed by atoms with van der Waals surface area (Å²) in [5.74, 6) is 0.846. The highest BCUT2D eigenvalue weighted by molar-refractivity contribution is 7.98. The Labute approximate surface area is 181 Å². The maximum atomic E-state index is 5.56. The zero-order valence-corrected chi connectivity index (χ0v) is 19.6. The molecule has 5 heteroatoms. The van der Waals surface area contributed by atoms with E-state index in [2.05, 4.69) is 59.7 Å². The van der Waals surface area contributed by atoms with Gasteiger partial charge in [-0.1, -0.05) is 20.4 Å². The Balaban J connectivity index is 0.00000145. The first-order valence-corrected chi connectivity index (χ1v) is 11.6. The molecule has 0 amide bonds. The number of rotatable bonds is 6. The molecule has 1 aliphatic rings. The molecule has 0 aliphatic carbocycles. The van der Waals surface area contributed by atoms with Crippen molar-refractivity contribution in [1.29, 1.82) is 0 Å². The first-order valence-electron chi connectivity index (χ1n) is 10.4. The molecular weight excluding hydrogens is 378 g/mol. The van der Waals surface area contributed by atoms with Gasteiger partial charge in [0, 0.05) is 47.7 Å². The standard InChI is InChI=1S/C22H29N3OS.C2H6/c1-16(2)25(21-15-23-11-8-22(21)26-4)18-9-12-24(13-10-18)20-7-6-19(27-5)14-17(20)3;1-2/h6-8,11,14-15,18H,1,9-10,12-13H2,2-5H3;1-2H3. The van der Waals surface area contributed by atoms with Gasteiger partial charge >= 0.3 is 0 Å². The average Bonchev–Trinajstić information content (AvgIpc) is 2.76. The van der Waals surface area contributed by atoms with Crippen LogP contribution in [-0.2, 0) is 0 Å². The van der Waals surface area contributed by atoms with Crippen LogP contribution in [0, 0.1) is 6.92 Å². The molecule has 0 bridgehead atoms. The number of aryl methyl sites for hydroxylation is 1. The summed E-state index contributed by atoms with van der Waals surface area (Å²) >= 11 is 1.79. The van der Waals surface area contributed by atoms with Crippen LogP contribution in [0.5, 0.6) is 5.75 Å². The van der Waals surface area contributed by atoms with Crippen LogP contribution in [0.4, 0.5) is 11.4 Å². The smallest absolute Gasteiger partial charge is 0.145 e. The lowest BCUT2D eigenvalue weighted by atomic mass is 10.00. The van der Waals surface area contributed by atoms with Crippen molar-refractivity contribution in [3.05, 3.63) is 54.5 Å².